The molecule has 1 aromatic heterocycles. The Morgan fingerprint density at radius 2 is 1.94 bits per heavy atom. The first-order chi connectivity index (χ1) is 7.57. The number of benzene rings is 1. The molecule has 2 heterocycles. The molecule has 3 rings (SSSR count). The van der Waals surface area contributed by atoms with E-state index in [4.69, 9.17) is 0 Å². The van der Waals surface area contributed by atoms with E-state index >= 15 is 0 Å². The van der Waals surface area contributed by atoms with Crippen molar-refractivity contribution >= 4 is 10.9 Å². The van der Waals surface area contributed by atoms with Gasteiger partial charge in [-0.15, -0.1) is 0 Å². The number of rotatable bonds is 0. The average Bonchev–Trinajstić information content (AvgIpc) is 2.81. The highest BCUT2D eigenvalue weighted by atomic mass is 15.1. The Hall–Kier alpha value is -1.64. The quantitative estimate of drug-likeness (QED) is 0.636. The summed E-state index contributed by atoms with van der Waals surface area (Å²) in [4.78, 5) is 8.86. The van der Waals surface area contributed by atoms with Gasteiger partial charge in [0.25, 0.3) is 0 Å². The average molecular weight is 213 g/mol. The maximum Gasteiger partial charge on any atom is 0.131 e. The Bertz CT molecular complexity index is 671. The van der Waals surface area contributed by atoms with Crippen LogP contribution in [0.15, 0.2) is 34.4 Å². The van der Waals surface area contributed by atoms with Gasteiger partial charge in [-0.25, -0.2) is 0 Å². The molecule has 3 heteroatoms. The van der Waals surface area contributed by atoms with Crippen LogP contribution < -0.4 is 10.7 Å². The van der Waals surface area contributed by atoms with Gasteiger partial charge in [-0.3, -0.25) is 9.98 Å². The van der Waals surface area contributed by atoms with Crippen LogP contribution in [0.5, 0.6) is 0 Å². The van der Waals surface area contributed by atoms with Crippen LogP contribution in [0.3, 0.4) is 0 Å². The topological polar surface area (TPSA) is 29.6 Å². The lowest BCUT2D eigenvalue weighted by atomic mass is 10.1. The molecule has 1 aromatic carbocycles. The normalized spacial score (nSPS) is 14.7. The number of fused-ring (bicyclic) bond motifs is 3. The van der Waals surface area contributed by atoms with Gasteiger partial charge in [0.15, 0.2) is 0 Å². The highest BCUT2D eigenvalue weighted by molar-refractivity contribution is 5.80. The molecule has 0 aliphatic carbocycles. The Morgan fingerprint density at radius 1 is 1.12 bits per heavy atom. The molecule has 0 unspecified atom stereocenters. The highest BCUT2D eigenvalue weighted by Gasteiger charge is 2.17. The van der Waals surface area contributed by atoms with Gasteiger partial charge < -0.3 is 4.57 Å². The molecule has 0 fully saturated rings. The van der Waals surface area contributed by atoms with Crippen molar-refractivity contribution in [1.82, 2.24) is 4.57 Å². The van der Waals surface area contributed by atoms with Crippen molar-refractivity contribution in [2.24, 2.45) is 9.98 Å². The fourth-order valence-corrected chi connectivity index (χ4v) is 2.23. The van der Waals surface area contributed by atoms with Crippen LogP contribution in [0.25, 0.3) is 10.9 Å². The molecule has 1 aliphatic rings. The Kier molecular flexibility index (Phi) is 1.76. The fraction of sp³-hybridized carbons (Fsp3) is 0.385. The molecule has 0 atom stereocenters. The van der Waals surface area contributed by atoms with Gasteiger partial charge in [-0.1, -0.05) is 6.07 Å². The number of nitrogens with zero attached hydrogens (tertiary/aromatic N) is 3. The number of hydrogen-bond donors (Lipinski definition) is 0. The lowest BCUT2D eigenvalue weighted by molar-refractivity contribution is 0.410. The molecule has 0 saturated carbocycles. The summed E-state index contributed by atoms with van der Waals surface area (Å²) in [5.74, 6) is 0. The molecular formula is C13H15N3. The molecule has 82 valence electrons. The first-order valence-electron chi connectivity index (χ1n) is 5.57. The number of hydrogen-bond acceptors (Lipinski definition) is 2. The summed E-state index contributed by atoms with van der Waals surface area (Å²) < 4.78 is 2.28. The van der Waals surface area contributed by atoms with Crippen LogP contribution in [0, 0.1) is 0 Å². The first kappa shape index (κ1) is 9.58. The third-order valence-corrected chi connectivity index (χ3v) is 3.00. The smallest absolute Gasteiger partial charge is 0.131 e. The van der Waals surface area contributed by atoms with Crippen molar-refractivity contribution < 1.29 is 0 Å². The third-order valence-electron chi connectivity index (χ3n) is 3.00. The molecule has 0 bridgehead atoms. The third kappa shape index (κ3) is 1.21. The Morgan fingerprint density at radius 3 is 2.69 bits per heavy atom. The van der Waals surface area contributed by atoms with Crippen LogP contribution in [0.4, 0.5) is 0 Å². The van der Waals surface area contributed by atoms with Crippen molar-refractivity contribution in [2.75, 3.05) is 6.67 Å². The number of aromatic nitrogens is 1. The van der Waals surface area contributed by atoms with Crippen molar-refractivity contribution in [3.05, 3.63) is 35.1 Å². The maximum absolute atomic E-state index is 4.49. The van der Waals surface area contributed by atoms with Gasteiger partial charge in [0, 0.05) is 17.1 Å². The van der Waals surface area contributed by atoms with Crippen molar-refractivity contribution in [1.29, 1.82) is 0 Å². The first-order valence-corrected chi connectivity index (χ1v) is 5.57. The van der Waals surface area contributed by atoms with E-state index in [-0.39, 0.29) is 5.54 Å². The van der Waals surface area contributed by atoms with E-state index in [0.29, 0.717) is 6.67 Å². The Labute approximate surface area is 94.1 Å². The maximum atomic E-state index is 4.49. The van der Waals surface area contributed by atoms with E-state index in [2.05, 4.69) is 59.7 Å². The van der Waals surface area contributed by atoms with Gasteiger partial charge in [-0.2, -0.15) is 0 Å². The molecule has 0 radical (unpaired) electrons. The predicted molar refractivity (Wildman–Crippen MR) is 64.1 cm³/mol. The summed E-state index contributed by atoms with van der Waals surface area (Å²) in [5, 5.41) is 3.32. The highest BCUT2D eigenvalue weighted by Crippen LogP contribution is 2.20. The summed E-state index contributed by atoms with van der Waals surface area (Å²) in [7, 11) is 0. The van der Waals surface area contributed by atoms with Gasteiger partial charge in [0.2, 0.25) is 0 Å². The summed E-state index contributed by atoms with van der Waals surface area (Å²) in [5.41, 5.74) is 1.29. The lowest BCUT2D eigenvalue weighted by Gasteiger charge is -2.22. The molecule has 0 saturated heterocycles. The zero-order valence-electron chi connectivity index (χ0n) is 9.86. The molecule has 3 nitrogen and oxygen atoms in total. The second-order valence-corrected chi connectivity index (χ2v) is 5.19. The van der Waals surface area contributed by atoms with E-state index in [1.165, 1.54) is 10.9 Å². The molecule has 0 amide bonds. The predicted octanol–water partition coefficient (Wildman–Crippen LogP) is 1.61. The second kappa shape index (κ2) is 2.94. The SMILES string of the molecule is CC(C)(C)n1ccc2ccc3c(c21)=NCN=3. The second-order valence-electron chi connectivity index (χ2n) is 5.19. The molecule has 0 N–H and O–H groups in total. The van der Waals surface area contributed by atoms with Crippen LogP contribution >= 0.6 is 0 Å². The summed E-state index contributed by atoms with van der Waals surface area (Å²) in [6, 6.07) is 6.33. The molecule has 1 aliphatic heterocycles. The van der Waals surface area contributed by atoms with Crippen LogP contribution in [0.2, 0.25) is 0 Å². The molecule has 2 aromatic rings. The minimum absolute atomic E-state index is 0.0784. The molecule has 16 heavy (non-hydrogen) atoms. The van der Waals surface area contributed by atoms with Gasteiger partial charge in [0.1, 0.15) is 12.0 Å². The van der Waals surface area contributed by atoms with Crippen LogP contribution in [-0.2, 0) is 5.54 Å². The van der Waals surface area contributed by atoms with E-state index < -0.39 is 0 Å². The van der Waals surface area contributed by atoms with Gasteiger partial charge in [-0.05, 0) is 32.9 Å². The van der Waals surface area contributed by atoms with Crippen LogP contribution in [0.1, 0.15) is 20.8 Å². The van der Waals surface area contributed by atoms with Gasteiger partial charge >= 0.3 is 0 Å². The zero-order chi connectivity index (χ0) is 11.3. The standard InChI is InChI=1S/C13H15N3/c1-13(2,3)16-7-6-9-4-5-10-11(12(9)16)15-8-14-10/h4-7H,8H2,1-3H3. The monoisotopic (exact) mass is 213 g/mol. The lowest BCUT2D eigenvalue weighted by Crippen LogP contribution is -2.29. The van der Waals surface area contributed by atoms with Crippen molar-refractivity contribution in [3.63, 3.8) is 0 Å². The van der Waals surface area contributed by atoms with E-state index in [1.807, 2.05) is 0 Å². The molecule has 0 spiro atoms. The summed E-state index contributed by atoms with van der Waals surface area (Å²) >= 11 is 0. The van der Waals surface area contributed by atoms with E-state index in [9.17, 15) is 0 Å². The minimum Gasteiger partial charge on any atom is -0.340 e. The largest absolute Gasteiger partial charge is 0.340 e. The zero-order valence-corrected chi connectivity index (χ0v) is 9.86. The van der Waals surface area contributed by atoms with E-state index in [1.54, 1.807) is 0 Å². The Balaban J connectivity index is 2.52. The summed E-state index contributed by atoms with van der Waals surface area (Å²) in [6.45, 7) is 7.19. The molecular weight excluding hydrogens is 198 g/mol. The fourth-order valence-electron chi connectivity index (χ4n) is 2.23. The van der Waals surface area contributed by atoms with Crippen molar-refractivity contribution in [2.45, 2.75) is 26.3 Å². The van der Waals surface area contributed by atoms with Crippen molar-refractivity contribution in [3.8, 4) is 0 Å². The van der Waals surface area contributed by atoms with E-state index in [0.717, 1.165) is 10.7 Å². The minimum atomic E-state index is 0.0784. The summed E-state index contributed by atoms with van der Waals surface area (Å²) in [6.07, 6.45) is 2.14. The van der Waals surface area contributed by atoms with Crippen LogP contribution in [-0.4, -0.2) is 11.2 Å². The van der Waals surface area contributed by atoms with Gasteiger partial charge in [0.05, 0.1) is 10.9 Å².